The van der Waals surface area contributed by atoms with Crippen LogP contribution in [0.1, 0.15) is 44.7 Å². The van der Waals surface area contributed by atoms with Gasteiger partial charge in [-0.25, -0.2) is 0 Å². The number of rotatable bonds is 4. The molecule has 0 spiro atoms. The maximum atomic E-state index is 12.4. The van der Waals surface area contributed by atoms with E-state index in [2.05, 4.69) is 62.0 Å². The summed E-state index contributed by atoms with van der Waals surface area (Å²) in [6, 6.07) is 8.83. The van der Waals surface area contributed by atoms with Gasteiger partial charge in [0.25, 0.3) is 0 Å². The fourth-order valence-corrected chi connectivity index (χ4v) is 2.89. The summed E-state index contributed by atoms with van der Waals surface area (Å²) in [5.74, 6) is 0.731. The van der Waals surface area contributed by atoms with Crippen molar-refractivity contribution >= 4 is 11.6 Å². The van der Waals surface area contributed by atoms with Crippen LogP contribution in [-0.4, -0.2) is 31.4 Å². The van der Waals surface area contributed by atoms with Gasteiger partial charge in [-0.3, -0.25) is 4.79 Å². The topological polar surface area (TPSA) is 23.6 Å². The van der Waals surface area contributed by atoms with Crippen LogP contribution in [0.5, 0.6) is 0 Å². The predicted octanol–water partition coefficient (Wildman–Crippen LogP) is 3.46. The van der Waals surface area contributed by atoms with Gasteiger partial charge in [0, 0.05) is 32.7 Å². The normalized spacial score (nSPS) is 18.6. The van der Waals surface area contributed by atoms with Crippen molar-refractivity contribution in [1.29, 1.82) is 0 Å². The second-order valence-electron chi connectivity index (χ2n) is 6.33. The Bertz CT molecular complexity index is 468. The summed E-state index contributed by atoms with van der Waals surface area (Å²) < 4.78 is 0. The highest BCUT2D eigenvalue weighted by molar-refractivity contribution is 5.77. The van der Waals surface area contributed by atoms with Crippen molar-refractivity contribution in [3.8, 4) is 0 Å². The predicted molar refractivity (Wildman–Crippen MR) is 83.9 cm³/mol. The molecule has 0 unspecified atom stereocenters. The maximum absolute atomic E-state index is 12.4. The second-order valence-corrected chi connectivity index (χ2v) is 6.33. The molecule has 2 rings (SSSR count). The first-order chi connectivity index (χ1) is 9.49. The average molecular weight is 274 g/mol. The van der Waals surface area contributed by atoms with E-state index in [1.165, 1.54) is 11.3 Å². The molecule has 1 aliphatic heterocycles. The number of carbonyl (C=O) groups excluding carboxylic acids is 1. The molecule has 1 aromatic carbocycles. The highest BCUT2D eigenvalue weighted by Gasteiger charge is 2.30. The molecule has 1 amide bonds. The van der Waals surface area contributed by atoms with E-state index in [1.54, 1.807) is 0 Å². The molecule has 3 nitrogen and oxygen atoms in total. The Morgan fingerprint density at radius 2 is 2.15 bits per heavy atom. The van der Waals surface area contributed by atoms with E-state index in [0.29, 0.717) is 18.2 Å². The minimum absolute atomic E-state index is 0.265. The number of likely N-dealkylation sites (tertiary alicyclic amines) is 1. The molecule has 1 atom stereocenters. The lowest BCUT2D eigenvalue weighted by Gasteiger charge is -2.27. The largest absolute Gasteiger partial charge is 0.378 e. The molecule has 3 heteroatoms. The molecule has 1 fully saturated rings. The van der Waals surface area contributed by atoms with E-state index in [1.807, 2.05) is 0 Å². The second kappa shape index (κ2) is 6.29. The van der Waals surface area contributed by atoms with E-state index in [0.717, 1.165) is 19.4 Å². The summed E-state index contributed by atoms with van der Waals surface area (Å²) in [6.45, 7) is 5.12. The first-order valence-corrected chi connectivity index (χ1v) is 7.55. The van der Waals surface area contributed by atoms with Crippen molar-refractivity contribution in [1.82, 2.24) is 4.90 Å². The number of benzene rings is 1. The fourth-order valence-electron chi connectivity index (χ4n) is 2.89. The van der Waals surface area contributed by atoms with Crippen molar-refractivity contribution in [2.24, 2.45) is 5.92 Å². The fraction of sp³-hybridized carbons (Fsp3) is 0.588. The number of anilines is 1. The number of amides is 1. The smallest absolute Gasteiger partial charge is 0.223 e. The van der Waals surface area contributed by atoms with Crippen molar-refractivity contribution < 1.29 is 4.79 Å². The summed E-state index contributed by atoms with van der Waals surface area (Å²) >= 11 is 0. The Kier molecular flexibility index (Phi) is 4.69. The summed E-state index contributed by atoms with van der Waals surface area (Å²) in [5, 5.41) is 0. The van der Waals surface area contributed by atoms with Gasteiger partial charge in [-0.2, -0.15) is 0 Å². The Morgan fingerprint density at radius 1 is 1.40 bits per heavy atom. The lowest BCUT2D eigenvalue weighted by atomic mass is 10.0. The Morgan fingerprint density at radius 3 is 2.80 bits per heavy atom. The lowest BCUT2D eigenvalue weighted by molar-refractivity contribution is -0.132. The van der Waals surface area contributed by atoms with Crippen LogP contribution >= 0.6 is 0 Å². The summed E-state index contributed by atoms with van der Waals surface area (Å²) in [6.07, 6.45) is 2.85. The van der Waals surface area contributed by atoms with Crippen molar-refractivity contribution in [2.75, 3.05) is 25.5 Å². The van der Waals surface area contributed by atoms with Crippen LogP contribution in [0.3, 0.4) is 0 Å². The molecule has 1 saturated heterocycles. The van der Waals surface area contributed by atoms with Gasteiger partial charge >= 0.3 is 0 Å². The van der Waals surface area contributed by atoms with Gasteiger partial charge in [-0.05, 0) is 36.5 Å². The minimum atomic E-state index is 0.265. The van der Waals surface area contributed by atoms with Crippen LogP contribution in [0, 0.1) is 5.92 Å². The Balaban J connectivity index is 2.18. The molecule has 0 radical (unpaired) electrons. The molecule has 0 bridgehead atoms. The van der Waals surface area contributed by atoms with E-state index in [-0.39, 0.29) is 6.04 Å². The highest BCUT2D eigenvalue weighted by Crippen LogP contribution is 2.34. The van der Waals surface area contributed by atoms with Gasteiger partial charge < -0.3 is 9.80 Å². The zero-order valence-electron chi connectivity index (χ0n) is 13.1. The molecule has 0 N–H and O–H groups in total. The summed E-state index contributed by atoms with van der Waals surface area (Å²) in [5.41, 5.74) is 2.47. The van der Waals surface area contributed by atoms with Crippen molar-refractivity contribution in [3.63, 3.8) is 0 Å². The van der Waals surface area contributed by atoms with Gasteiger partial charge in [-0.15, -0.1) is 0 Å². The molecule has 0 saturated carbocycles. The first-order valence-electron chi connectivity index (χ1n) is 7.55. The van der Waals surface area contributed by atoms with E-state index < -0.39 is 0 Å². The van der Waals surface area contributed by atoms with E-state index >= 15 is 0 Å². The monoisotopic (exact) mass is 274 g/mol. The van der Waals surface area contributed by atoms with Crippen LogP contribution < -0.4 is 4.90 Å². The van der Waals surface area contributed by atoms with Gasteiger partial charge in [-0.1, -0.05) is 26.0 Å². The van der Waals surface area contributed by atoms with Crippen LogP contribution in [0.25, 0.3) is 0 Å². The molecule has 110 valence electrons. The Hall–Kier alpha value is -1.51. The molecular formula is C17H26N2O. The third kappa shape index (κ3) is 3.33. The average Bonchev–Trinajstić information content (AvgIpc) is 2.87. The van der Waals surface area contributed by atoms with Gasteiger partial charge in [0.1, 0.15) is 0 Å². The van der Waals surface area contributed by atoms with Crippen molar-refractivity contribution in [2.45, 2.75) is 39.2 Å². The van der Waals surface area contributed by atoms with Crippen LogP contribution in [0.4, 0.5) is 5.69 Å². The van der Waals surface area contributed by atoms with Crippen molar-refractivity contribution in [3.05, 3.63) is 29.8 Å². The SMILES string of the molecule is CC(C)CC(=O)N1CCC[C@H]1c1cccc(N(C)C)c1. The number of carbonyl (C=O) groups is 1. The minimum Gasteiger partial charge on any atom is -0.378 e. The molecule has 1 aromatic rings. The molecule has 1 aliphatic rings. The quantitative estimate of drug-likeness (QED) is 0.839. The molecule has 0 aromatic heterocycles. The van der Waals surface area contributed by atoms with E-state index in [4.69, 9.17) is 0 Å². The molecular weight excluding hydrogens is 248 g/mol. The summed E-state index contributed by atoms with van der Waals surface area (Å²) in [4.78, 5) is 16.6. The van der Waals surface area contributed by atoms with Gasteiger partial charge in [0.05, 0.1) is 6.04 Å². The first kappa shape index (κ1) is 14.9. The Labute approximate surface area is 122 Å². The van der Waals surface area contributed by atoms with Crippen LogP contribution in [0.2, 0.25) is 0 Å². The summed E-state index contributed by atoms with van der Waals surface area (Å²) in [7, 11) is 4.10. The van der Waals surface area contributed by atoms with E-state index in [9.17, 15) is 4.79 Å². The molecule has 1 heterocycles. The third-order valence-corrected chi connectivity index (χ3v) is 3.93. The number of hydrogen-bond acceptors (Lipinski definition) is 2. The molecule has 20 heavy (non-hydrogen) atoms. The lowest BCUT2D eigenvalue weighted by Crippen LogP contribution is -2.31. The van der Waals surface area contributed by atoms with Gasteiger partial charge in [0.15, 0.2) is 0 Å². The highest BCUT2D eigenvalue weighted by atomic mass is 16.2. The molecule has 0 aliphatic carbocycles. The van der Waals surface area contributed by atoms with Crippen LogP contribution in [0.15, 0.2) is 24.3 Å². The third-order valence-electron chi connectivity index (χ3n) is 3.93. The number of nitrogens with zero attached hydrogens (tertiary/aromatic N) is 2. The maximum Gasteiger partial charge on any atom is 0.223 e. The van der Waals surface area contributed by atoms with Crippen LogP contribution in [-0.2, 0) is 4.79 Å². The zero-order valence-corrected chi connectivity index (χ0v) is 13.1. The number of hydrogen-bond donors (Lipinski definition) is 0. The van der Waals surface area contributed by atoms with Gasteiger partial charge in [0.2, 0.25) is 5.91 Å². The standard InChI is InChI=1S/C17H26N2O/c1-13(2)11-17(20)19-10-6-9-16(19)14-7-5-8-15(12-14)18(3)4/h5,7-8,12-13,16H,6,9-11H2,1-4H3/t16-/m0/s1. The zero-order chi connectivity index (χ0) is 14.7.